The van der Waals surface area contributed by atoms with E-state index in [0.717, 1.165) is 11.3 Å². The lowest BCUT2D eigenvalue weighted by Crippen LogP contribution is -2.45. The molecule has 0 aromatic heterocycles. The van der Waals surface area contributed by atoms with Crippen molar-refractivity contribution in [1.82, 2.24) is 0 Å². The van der Waals surface area contributed by atoms with Crippen LogP contribution in [0.25, 0.3) is 0 Å². The molecule has 0 aliphatic rings. The van der Waals surface area contributed by atoms with Gasteiger partial charge in [-0.2, -0.15) is 0 Å². The fourth-order valence-corrected chi connectivity index (χ4v) is 1.66. The number of benzene rings is 1. The summed E-state index contributed by atoms with van der Waals surface area (Å²) < 4.78 is 10.2. The van der Waals surface area contributed by atoms with Crippen molar-refractivity contribution in [3.8, 4) is 5.75 Å². The van der Waals surface area contributed by atoms with E-state index in [1.54, 1.807) is 31.2 Å². The molecule has 3 N–H and O–H groups in total. The fraction of sp³-hybridized carbons (Fsp3) is 0.500. The third kappa shape index (κ3) is 4.89. The van der Waals surface area contributed by atoms with E-state index in [9.17, 15) is 4.79 Å². The van der Waals surface area contributed by atoms with Crippen molar-refractivity contribution in [3.05, 3.63) is 29.8 Å². The Morgan fingerprint density at radius 3 is 2.53 bits per heavy atom. The van der Waals surface area contributed by atoms with Gasteiger partial charge in [0, 0.05) is 0 Å². The van der Waals surface area contributed by atoms with Crippen molar-refractivity contribution in [2.24, 2.45) is 5.73 Å². The highest BCUT2D eigenvalue weighted by Crippen LogP contribution is 2.14. The van der Waals surface area contributed by atoms with Crippen molar-refractivity contribution in [2.45, 2.75) is 31.9 Å². The molecule has 0 radical (unpaired) electrons. The van der Waals surface area contributed by atoms with Crippen LogP contribution in [0.15, 0.2) is 24.3 Å². The zero-order valence-electron chi connectivity index (χ0n) is 11.4. The number of rotatable bonds is 7. The summed E-state index contributed by atoms with van der Waals surface area (Å²) in [5.41, 5.74) is 5.70. The Bertz CT molecular complexity index is 400. The third-order valence-corrected chi connectivity index (χ3v) is 2.87. The molecule has 0 saturated heterocycles. The van der Waals surface area contributed by atoms with Crippen molar-refractivity contribution < 1.29 is 19.4 Å². The molecule has 1 rings (SSSR count). The van der Waals surface area contributed by atoms with E-state index in [1.807, 2.05) is 0 Å². The first-order valence-electron chi connectivity index (χ1n) is 6.19. The first-order chi connectivity index (χ1) is 8.99. The Hall–Kier alpha value is -1.59. The molecule has 106 valence electrons. The summed E-state index contributed by atoms with van der Waals surface area (Å²) in [7, 11) is 1.33. The second-order valence-electron chi connectivity index (χ2n) is 4.66. The van der Waals surface area contributed by atoms with Gasteiger partial charge >= 0.3 is 5.97 Å². The van der Waals surface area contributed by atoms with Crippen LogP contribution in [0, 0.1) is 0 Å². The van der Waals surface area contributed by atoms with Gasteiger partial charge in [0.1, 0.15) is 11.3 Å². The van der Waals surface area contributed by atoms with Crippen molar-refractivity contribution in [2.75, 3.05) is 13.7 Å². The van der Waals surface area contributed by atoms with E-state index in [2.05, 4.69) is 4.74 Å². The summed E-state index contributed by atoms with van der Waals surface area (Å²) in [5.74, 6) is 0.314. The van der Waals surface area contributed by atoms with Crippen LogP contribution < -0.4 is 10.5 Å². The smallest absolute Gasteiger partial charge is 0.325 e. The second kappa shape index (κ2) is 7.11. The summed E-state index contributed by atoms with van der Waals surface area (Å²) in [4.78, 5) is 11.4. The highest BCUT2D eigenvalue weighted by atomic mass is 16.5. The minimum absolute atomic E-state index is 0.0188. The first-order valence-corrected chi connectivity index (χ1v) is 6.19. The Morgan fingerprint density at radius 1 is 1.37 bits per heavy atom. The number of aliphatic hydroxyl groups is 1. The zero-order chi connectivity index (χ0) is 14.3. The maximum absolute atomic E-state index is 11.4. The number of esters is 1. The second-order valence-corrected chi connectivity index (χ2v) is 4.66. The molecule has 0 spiro atoms. The van der Waals surface area contributed by atoms with Gasteiger partial charge in [0.15, 0.2) is 0 Å². The molecule has 1 aromatic rings. The predicted octanol–water partition coefficient (Wildman–Crippen LogP) is 1.23. The number of hydrogen-bond acceptors (Lipinski definition) is 5. The molecule has 1 unspecified atom stereocenters. The molecule has 1 aromatic carbocycles. The highest BCUT2D eigenvalue weighted by molar-refractivity contribution is 5.79. The normalized spacial score (nSPS) is 13.7. The van der Waals surface area contributed by atoms with Gasteiger partial charge in [-0.05, 0) is 37.5 Å². The summed E-state index contributed by atoms with van der Waals surface area (Å²) in [6.45, 7) is 2.14. The monoisotopic (exact) mass is 267 g/mol. The summed E-state index contributed by atoms with van der Waals surface area (Å²) >= 11 is 0. The first kappa shape index (κ1) is 15.5. The summed E-state index contributed by atoms with van der Waals surface area (Å²) in [6, 6.07) is 7.20. The van der Waals surface area contributed by atoms with Crippen molar-refractivity contribution >= 4 is 5.97 Å². The Labute approximate surface area is 113 Å². The maximum Gasteiger partial charge on any atom is 0.325 e. The van der Waals surface area contributed by atoms with Gasteiger partial charge in [-0.15, -0.1) is 0 Å². The molecule has 0 bridgehead atoms. The van der Waals surface area contributed by atoms with Gasteiger partial charge in [0.2, 0.25) is 0 Å². The summed E-state index contributed by atoms with van der Waals surface area (Å²) in [6.07, 6.45) is 1.15. The topological polar surface area (TPSA) is 81.8 Å². The predicted molar refractivity (Wildman–Crippen MR) is 71.7 cm³/mol. The van der Waals surface area contributed by atoms with E-state index in [1.165, 1.54) is 7.11 Å². The van der Waals surface area contributed by atoms with Crippen LogP contribution >= 0.6 is 0 Å². The Balaban J connectivity index is 2.32. The van der Waals surface area contributed by atoms with E-state index in [4.69, 9.17) is 15.6 Å². The lowest BCUT2D eigenvalue weighted by Gasteiger charge is -2.21. The SMILES string of the molecule is COC(=O)C(C)(N)CCCOc1ccc(CO)cc1. The van der Waals surface area contributed by atoms with Crippen LogP contribution in [0.2, 0.25) is 0 Å². The lowest BCUT2D eigenvalue weighted by molar-refractivity contribution is -0.146. The van der Waals surface area contributed by atoms with Gasteiger partial charge in [0.25, 0.3) is 0 Å². The molecule has 0 amide bonds. The molecule has 5 heteroatoms. The number of methoxy groups -OCH3 is 1. The Morgan fingerprint density at radius 2 is 2.00 bits per heavy atom. The van der Waals surface area contributed by atoms with Crippen molar-refractivity contribution in [1.29, 1.82) is 0 Å². The van der Waals surface area contributed by atoms with E-state index in [0.29, 0.717) is 19.4 Å². The van der Waals surface area contributed by atoms with Crippen LogP contribution in [0.1, 0.15) is 25.3 Å². The molecular formula is C14H21NO4. The number of carbonyl (C=O) groups is 1. The average Bonchev–Trinajstić information content (AvgIpc) is 2.43. The molecular weight excluding hydrogens is 246 g/mol. The number of carbonyl (C=O) groups excluding carboxylic acids is 1. The van der Waals surface area contributed by atoms with Crippen LogP contribution in [0.4, 0.5) is 0 Å². The maximum atomic E-state index is 11.4. The molecule has 0 heterocycles. The third-order valence-electron chi connectivity index (χ3n) is 2.87. The number of ether oxygens (including phenoxy) is 2. The number of nitrogens with two attached hydrogens (primary N) is 1. The molecule has 1 atom stereocenters. The van der Waals surface area contributed by atoms with Gasteiger partial charge in [-0.1, -0.05) is 12.1 Å². The van der Waals surface area contributed by atoms with E-state index < -0.39 is 11.5 Å². The van der Waals surface area contributed by atoms with Crippen molar-refractivity contribution in [3.63, 3.8) is 0 Å². The lowest BCUT2D eigenvalue weighted by atomic mass is 9.98. The highest BCUT2D eigenvalue weighted by Gasteiger charge is 2.28. The molecule has 0 aliphatic heterocycles. The average molecular weight is 267 g/mol. The molecule has 5 nitrogen and oxygen atoms in total. The van der Waals surface area contributed by atoms with Gasteiger partial charge < -0.3 is 20.3 Å². The van der Waals surface area contributed by atoms with Gasteiger partial charge in [-0.3, -0.25) is 4.79 Å². The molecule has 0 aliphatic carbocycles. The molecule has 19 heavy (non-hydrogen) atoms. The number of hydrogen-bond donors (Lipinski definition) is 2. The quantitative estimate of drug-likeness (QED) is 0.573. The number of aliphatic hydroxyl groups excluding tert-OH is 1. The van der Waals surface area contributed by atoms with Gasteiger partial charge in [0.05, 0.1) is 20.3 Å². The standard InChI is InChI=1S/C14H21NO4/c1-14(15,13(17)18-2)8-3-9-19-12-6-4-11(10-16)5-7-12/h4-7,16H,3,8-10,15H2,1-2H3. The van der Waals surface area contributed by atoms with Crippen LogP contribution in [-0.4, -0.2) is 30.3 Å². The summed E-state index contributed by atoms with van der Waals surface area (Å²) in [5, 5.41) is 8.91. The van der Waals surface area contributed by atoms with E-state index in [-0.39, 0.29) is 6.61 Å². The minimum atomic E-state index is -0.973. The van der Waals surface area contributed by atoms with Crippen LogP contribution in [-0.2, 0) is 16.1 Å². The van der Waals surface area contributed by atoms with E-state index >= 15 is 0 Å². The Kier molecular flexibility index (Phi) is 5.79. The zero-order valence-corrected chi connectivity index (χ0v) is 11.4. The fourth-order valence-electron chi connectivity index (χ4n) is 1.66. The van der Waals surface area contributed by atoms with Gasteiger partial charge in [-0.25, -0.2) is 0 Å². The largest absolute Gasteiger partial charge is 0.494 e. The van der Waals surface area contributed by atoms with Crippen LogP contribution in [0.3, 0.4) is 0 Å². The van der Waals surface area contributed by atoms with Crippen LogP contribution in [0.5, 0.6) is 5.75 Å². The molecule has 0 fully saturated rings. The molecule has 0 saturated carbocycles. The minimum Gasteiger partial charge on any atom is -0.494 e.